The van der Waals surface area contributed by atoms with E-state index in [1.54, 1.807) is 31.2 Å². The number of hydrogen-bond donors (Lipinski definition) is 3. The molecule has 7 rings (SSSR count). The largest absolute Gasteiger partial charge is 0.481 e. The number of imide groups is 1. The van der Waals surface area contributed by atoms with Gasteiger partial charge in [0.25, 0.3) is 5.91 Å². The monoisotopic (exact) mass is 459 g/mol. The first-order valence-electron chi connectivity index (χ1n) is 12.2. The Labute approximate surface area is 197 Å². The van der Waals surface area contributed by atoms with Gasteiger partial charge in [0.2, 0.25) is 0 Å². The van der Waals surface area contributed by atoms with E-state index in [0.29, 0.717) is 39.8 Å². The molecule has 3 amide bonds. The Morgan fingerprint density at radius 1 is 0.971 bits per heavy atom. The van der Waals surface area contributed by atoms with Crippen molar-refractivity contribution < 1.29 is 14.3 Å². The smallest absolute Gasteiger partial charge is 0.321 e. The molecule has 4 aliphatic rings. The summed E-state index contributed by atoms with van der Waals surface area (Å²) in [6.07, 6.45) is 6.04. The minimum Gasteiger partial charge on any atom is -0.481 e. The van der Waals surface area contributed by atoms with Gasteiger partial charge >= 0.3 is 6.03 Å². The molecule has 176 valence electrons. The first-order chi connectivity index (χ1) is 16.4. The number of nitrogens with one attached hydrogen (secondary N) is 3. The predicted octanol–water partition coefficient (Wildman–Crippen LogP) is 4.24. The number of H-pyrrole nitrogens is 1. The van der Waals surface area contributed by atoms with E-state index in [1.807, 2.05) is 18.2 Å². The summed E-state index contributed by atoms with van der Waals surface area (Å²) in [4.78, 5) is 41.5. The molecule has 7 nitrogen and oxygen atoms in total. The van der Waals surface area contributed by atoms with Crippen molar-refractivity contribution in [1.82, 2.24) is 15.6 Å². The maximum Gasteiger partial charge on any atom is 0.321 e. The van der Waals surface area contributed by atoms with Crippen LogP contribution in [0.1, 0.15) is 45.4 Å². The highest BCUT2D eigenvalue weighted by atomic mass is 16.5. The SMILES string of the molecule is C[C@@H](Oc1ccc2[nH]c3ccccc3c(=O)c2c1)C(=O)NC(=O)NC12CC3CC(CC(C3)C1)C2. The molecular formula is C27H29N3O4. The number of benzene rings is 2. The van der Waals surface area contributed by atoms with Crippen LogP contribution in [0.3, 0.4) is 0 Å². The Kier molecular flexibility index (Phi) is 4.90. The van der Waals surface area contributed by atoms with Crippen molar-refractivity contribution in [3.8, 4) is 5.75 Å². The van der Waals surface area contributed by atoms with Crippen molar-refractivity contribution >= 4 is 33.7 Å². The van der Waals surface area contributed by atoms with Crippen LogP contribution in [0, 0.1) is 17.8 Å². The maximum atomic E-state index is 12.9. The molecule has 0 spiro atoms. The molecular weight excluding hydrogens is 430 g/mol. The minimum atomic E-state index is -0.890. The van der Waals surface area contributed by atoms with Gasteiger partial charge in [-0.25, -0.2) is 4.79 Å². The van der Waals surface area contributed by atoms with Crippen LogP contribution in [-0.4, -0.2) is 28.6 Å². The number of aromatic amines is 1. The van der Waals surface area contributed by atoms with Crippen LogP contribution in [0.25, 0.3) is 21.8 Å². The molecule has 0 radical (unpaired) electrons. The van der Waals surface area contributed by atoms with Crippen molar-refractivity contribution in [1.29, 1.82) is 0 Å². The summed E-state index contributed by atoms with van der Waals surface area (Å²) in [6, 6.07) is 12.0. The number of hydrogen-bond acceptors (Lipinski definition) is 4. The molecule has 4 aliphatic carbocycles. The van der Waals surface area contributed by atoms with Crippen LogP contribution in [-0.2, 0) is 4.79 Å². The average Bonchev–Trinajstić information content (AvgIpc) is 2.78. The van der Waals surface area contributed by atoms with Crippen molar-refractivity contribution in [2.45, 2.75) is 57.1 Å². The van der Waals surface area contributed by atoms with Gasteiger partial charge < -0.3 is 15.0 Å². The molecule has 3 aromatic rings. The van der Waals surface area contributed by atoms with Crippen LogP contribution < -0.4 is 20.8 Å². The Morgan fingerprint density at radius 2 is 1.62 bits per heavy atom. The zero-order chi connectivity index (χ0) is 23.4. The zero-order valence-electron chi connectivity index (χ0n) is 19.2. The Morgan fingerprint density at radius 3 is 2.32 bits per heavy atom. The van der Waals surface area contributed by atoms with Gasteiger partial charge in [-0.3, -0.25) is 14.9 Å². The van der Waals surface area contributed by atoms with Crippen molar-refractivity contribution in [2.24, 2.45) is 17.8 Å². The topological polar surface area (TPSA) is 100 Å². The number of amides is 3. The molecule has 0 unspecified atom stereocenters. The maximum absolute atomic E-state index is 12.9. The van der Waals surface area contributed by atoms with Crippen LogP contribution in [0.5, 0.6) is 5.75 Å². The third kappa shape index (κ3) is 3.73. The summed E-state index contributed by atoms with van der Waals surface area (Å²) < 4.78 is 5.80. The van der Waals surface area contributed by atoms with Gasteiger partial charge in [0, 0.05) is 21.8 Å². The molecule has 2 aromatic carbocycles. The molecule has 7 heteroatoms. The number of ether oxygens (including phenoxy) is 1. The number of carbonyl (C=O) groups is 2. The van der Waals surface area contributed by atoms with E-state index in [4.69, 9.17) is 4.74 Å². The summed E-state index contributed by atoms with van der Waals surface area (Å²) in [6.45, 7) is 1.60. The fraction of sp³-hybridized carbons (Fsp3) is 0.444. The van der Waals surface area contributed by atoms with Gasteiger partial charge in [-0.1, -0.05) is 12.1 Å². The summed E-state index contributed by atoms with van der Waals surface area (Å²) >= 11 is 0. The van der Waals surface area contributed by atoms with E-state index in [-0.39, 0.29) is 11.0 Å². The van der Waals surface area contributed by atoms with E-state index in [1.165, 1.54) is 19.3 Å². The van der Waals surface area contributed by atoms with Gasteiger partial charge in [-0.15, -0.1) is 0 Å². The summed E-state index contributed by atoms with van der Waals surface area (Å²) in [5, 5.41) is 6.70. The van der Waals surface area contributed by atoms with Crippen LogP contribution in [0.4, 0.5) is 4.79 Å². The minimum absolute atomic E-state index is 0.0955. The highest BCUT2D eigenvalue weighted by Gasteiger charge is 2.51. The van der Waals surface area contributed by atoms with Crippen LogP contribution >= 0.6 is 0 Å². The fourth-order valence-corrected chi connectivity index (χ4v) is 6.98. The number of carbonyl (C=O) groups excluding carboxylic acids is 2. The van der Waals surface area contributed by atoms with Crippen LogP contribution in [0.2, 0.25) is 0 Å². The first-order valence-corrected chi connectivity index (χ1v) is 12.2. The number of pyridine rings is 1. The summed E-state index contributed by atoms with van der Waals surface area (Å²) in [5.74, 6) is 2.01. The van der Waals surface area contributed by atoms with Gasteiger partial charge in [-0.05, 0) is 93.5 Å². The van der Waals surface area contributed by atoms with E-state index in [0.717, 1.165) is 24.8 Å². The lowest BCUT2D eigenvalue weighted by atomic mass is 9.53. The third-order valence-corrected chi connectivity index (χ3v) is 8.01. The van der Waals surface area contributed by atoms with Crippen molar-refractivity contribution in [2.75, 3.05) is 0 Å². The lowest BCUT2D eigenvalue weighted by molar-refractivity contribution is -0.126. The predicted molar refractivity (Wildman–Crippen MR) is 130 cm³/mol. The van der Waals surface area contributed by atoms with E-state index >= 15 is 0 Å². The lowest BCUT2D eigenvalue weighted by Crippen LogP contribution is -2.62. The van der Waals surface area contributed by atoms with Crippen LogP contribution in [0.15, 0.2) is 47.3 Å². The molecule has 0 saturated heterocycles. The fourth-order valence-electron chi connectivity index (χ4n) is 6.98. The van der Waals surface area contributed by atoms with E-state index in [9.17, 15) is 14.4 Å². The molecule has 1 heterocycles. The second kappa shape index (κ2) is 7.86. The summed E-state index contributed by atoms with van der Waals surface area (Å²) in [7, 11) is 0. The number of rotatable bonds is 4. The molecule has 4 fully saturated rings. The lowest BCUT2D eigenvalue weighted by Gasteiger charge is -2.56. The zero-order valence-corrected chi connectivity index (χ0v) is 19.2. The Bertz CT molecular complexity index is 1330. The number of aromatic nitrogens is 1. The average molecular weight is 460 g/mol. The standard InChI is InChI=1S/C27H29N3O4/c1-15(25(32)29-26(33)30-27-12-16-8-17(13-27)10-18(9-16)14-27)34-19-6-7-23-21(11-19)24(31)20-4-2-3-5-22(20)28-23/h2-7,11,15-18H,8-10,12-14H2,1H3,(H,28,31)(H2,29,30,32,33)/t15-,16?,17?,18?,27?/m1/s1. The number of urea groups is 1. The Hall–Kier alpha value is -3.35. The van der Waals surface area contributed by atoms with Gasteiger partial charge in [0.15, 0.2) is 11.5 Å². The molecule has 4 saturated carbocycles. The molecule has 3 N–H and O–H groups in total. The molecule has 1 atom stereocenters. The quantitative estimate of drug-likeness (QED) is 0.508. The second-order valence-corrected chi connectivity index (χ2v) is 10.6. The number of fused-ring (bicyclic) bond motifs is 2. The second-order valence-electron chi connectivity index (χ2n) is 10.6. The van der Waals surface area contributed by atoms with Crippen molar-refractivity contribution in [3.63, 3.8) is 0 Å². The highest BCUT2D eigenvalue weighted by molar-refractivity contribution is 5.97. The highest BCUT2D eigenvalue weighted by Crippen LogP contribution is 2.55. The molecule has 1 aromatic heterocycles. The van der Waals surface area contributed by atoms with Gasteiger partial charge in [0.05, 0.1) is 5.52 Å². The van der Waals surface area contributed by atoms with Gasteiger partial charge in [0.1, 0.15) is 5.75 Å². The van der Waals surface area contributed by atoms with Crippen molar-refractivity contribution in [3.05, 3.63) is 52.7 Å². The molecule has 34 heavy (non-hydrogen) atoms. The summed E-state index contributed by atoms with van der Waals surface area (Å²) in [5.41, 5.74) is 1.21. The molecule has 4 bridgehead atoms. The van der Waals surface area contributed by atoms with E-state index < -0.39 is 18.0 Å². The Balaban J connectivity index is 1.13. The third-order valence-electron chi connectivity index (χ3n) is 8.01. The normalized spacial score (nSPS) is 28.1. The number of para-hydroxylation sites is 1. The molecule has 0 aliphatic heterocycles. The van der Waals surface area contributed by atoms with Gasteiger partial charge in [-0.2, -0.15) is 0 Å². The first kappa shape index (κ1) is 21.2. The van der Waals surface area contributed by atoms with E-state index in [2.05, 4.69) is 15.6 Å².